The van der Waals surface area contributed by atoms with E-state index in [-0.39, 0.29) is 5.92 Å². The molecule has 0 bridgehead atoms. The van der Waals surface area contributed by atoms with Crippen LogP contribution < -0.4 is 9.80 Å². The van der Waals surface area contributed by atoms with Crippen molar-refractivity contribution in [2.24, 2.45) is 5.92 Å². The minimum Gasteiger partial charge on any atom is -0.386 e. The lowest BCUT2D eigenvalue weighted by Crippen LogP contribution is -2.38. The number of aliphatic hydroxyl groups excluding tert-OH is 1. The topological polar surface area (TPSA) is 87.5 Å². The van der Waals surface area contributed by atoms with Crippen molar-refractivity contribution >= 4 is 33.7 Å². The number of aryl methyl sites for hydroxylation is 1. The Kier molecular flexibility index (Phi) is 5.49. The van der Waals surface area contributed by atoms with Crippen LogP contribution in [0.3, 0.4) is 0 Å². The molecule has 0 radical (unpaired) electrons. The van der Waals surface area contributed by atoms with Crippen LogP contribution in [0.25, 0.3) is 10.9 Å². The average Bonchev–Trinajstić information content (AvgIpc) is 3.24. The fraction of sp³-hybridized carbons (Fsp3) is 0.524. The molecule has 2 saturated heterocycles. The quantitative estimate of drug-likeness (QED) is 0.681. The van der Waals surface area contributed by atoms with Gasteiger partial charge in [-0.05, 0) is 43.2 Å². The normalized spacial score (nSPS) is 21.2. The first-order valence-corrected chi connectivity index (χ1v) is 11.4. The molecular formula is C21H26N6O2S. The number of hydrogen-bond acceptors (Lipinski definition) is 9. The summed E-state index contributed by atoms with van der Waals surface area (Å²) < 4.78 is 5.46. The van der Waals surface area contributed by atoms with Gasteiger partial charge in [0.05, 0.1) is 13.2 Å². The molecule has 30 heavy (non-hydrogen) atoms. The third-order valence-electron chi connectivity index (χ3n) is 5.98. The van der Waals surface area contributed by atoms with Crippen molar-refractivity contribution in [3.8, 4) is 0 Å². The Hall–Kier alpha value is -2.36. The molecule has 1 aromatic carbocycles. The Morgan fingerprint density at radius 3 is 2.83 bits per heavy atom. The summed E-state index contributed by atoms with van der Waals surface area (Å²) in [5.41, 5.74) is 2.95. The maximum absolute atomic E-state index is 10.9. The van der Waals surface area contributed by atoms with Gasteiger partial charge in [0.15, 0.2) is 5.82 Å². The zero-order chi connectivity index (χ0) is 20.5. The van der Waals surface area contributed by atoms with Crippen LogP contribution in [0.4, 0.5) is 11.5 Å². The first-order chi connectivity index (χ1) is 14.7. The van der Waals surface area contributed by atoms with Gasteiger partial charge < -0.3 is 19.6 Å². The van der Waals surface area contributed by atoms with Gasteiger partial charge in [0.2, 0.25) is 0 Å². The third kappa shape index (κ3) is 3.84. The molecule has 8 nitrogen and oxygen atoms in total. The highest BCUT2D eigenvalue weighted by atomic mass is 32.1. The molecule has 0 saturated carbocycles. The monoisotopic (exact) mass is 426 g/mol. The molecule has 2 atom stereocenters. The predicted octanol–water partition coefficient (Wildman–Crippen LogP) is 2.58. The summed E-state index contributed by atoms with van der Waals surface area (Å²) in [6.45, 7) is 6.88. The highest BCUT2D eigenvalue weighted by molar-refractivity contribution is 7.09. The molecule has 1 N–H and O–H groups in total. The zero-order valence-electron chi connectivity index (χ0n) is 17.1. The Morgan fingerprint density at radius 1 is 1.17 bits per heavy atom. The molecule has 1 unspecified atom stereocenters. The lowest BCUT2D eigenvalue weighted by atomic mass is 9.92. The Balaban J connectivity index is 1.39. The highest BCUT2D eigenvalue weighted by Gasteiger charge is 2.30. The molecule has 158 valence electrons. The number of anilines is 2. The number of hydrogen-bond donors (Lipinski definition) is 1. The fourth-order valence-corrected chi connectivity index (χ4v) is 5.25. The summed E-state index contributed by atoms with van der Waals surface area (Å²) in [5.74, 6) is 0.975. The van der Waals surface area contributed by atoms with Gasteiger partial charge in [-0.15, -0.1) is 21.5 Å². The van der Waals surface area contributed by atoms with Crippen molar-refractivity contribution in [2.45, 2.75) is 25.9 Å². The number of benzene rings is 1. The van der Waals surface area contributed by atoms with E-state index in [1.165, 1.54) is 11.3 Å². The molecule has 0 spiro atoms. The maximum atomic E-state index is 10.9. The number of ether oxygens (including phenoxy) is 1. The molecule has 0 amide bonds. The van der Waals surface area contributed by atoms with Crippen molar-refractivity contribution in [2.75, 3.05) is 49.2 Å². The highest BCUT2D eigenvalue weighted by Crippen LogP contribution is 2.35. The minimum atomic E-state index is -0.541. The van der Waals surface area contributed by atoms with Crippen LogP contribution in [0.1, 0.15) is 29.6 Å². The largest absolute Gasteiger partial charge is 0.386 e. The second-order valence-electron chi connectivity index (χ2n) is 8.03. The molecule has 2 aliphatic rings. The van der Waals surface area contributed by atoms with E-state index < -0.39 is 6.10 Å². The van der Waals surface area contributed by atoms with Crippen molar-refractivity contribution in [1.29, 1.82) is 0 Å². The van der Waals surface area contributed by atoms with Crippen molar-refractivity contribution in [3.63, 3.8) is 0 Å². The second-order valence-corrected chi connectivity index (χ2v) is 8.92. The van der Waals surface area contributed by atoms with E-state index in [1.807, 2.05) is 12.3 Å². The van der Waals surface area contributed by atoms with Crippen LogP contribution in [0.15, 0.2) is 23.6 Å². The number of aromatic nitrogens is 4. The van der Waals surface area contributed by atoms with Crippen LogP contribution >= 0.6 is 11.3 Å². The molecule has 3 aromatic rings. The van der Waals surface area contributed by atoms with Crippen LogP contribution in [0.5, 0.6) is 0 Å². The first kappa shape index (κ1) is 19.6. The van der Waals surface area contributed by atoms with E-state index in [1.54, 1.807) is 0 Å². The first-order valence-electron chi connectivity index (χ1n) is 10.5. The molecule has 4 heterocycles. The van der Waals surface area contributed by atoms with Gasteiger partial charge >= 0.3 is 0 Å². The van der Waals surface area contributed by atoms with Crippen LogP contribution in [0.2, 0.25) is 0 Å². The summed E-state index contributed by atoms with van der Waals surface area (Å²) in [4.78, 5) is 9.04. The number of nitrogens with zero attached hydrogens (tertiary/aromatic N) is 6. The lowest BCUT2D eigenvalue weighted by molar-refractivity contribution is 0.0976. The van der Waals surface area contributed by atoms with Crippen LogP contribution in [0, 0.1) is 12.8 Å². The van der Waals surface area contributed by atoms with Gasteiger partial charge in [0.25, 0.3) is 0 Å². The zero-order valence-corrected chi connectivity index (χ0v) is 17.9. The predicted molar refractivity (Wildman–Crippen MR) is 117 cm³/mol. The maximum Gasteiger partial charge on any atom is 0.162 e. The molecular weight excluding hydrogens is 400 g/mol. The van der Waals surface area contributed by atoms with Crippen LogP contribution in [-0.2, 0) is 4.74 Å². The van der Waals surface area contributed by atoms with E-state index in [2.05, 4.69) is 48.4 Å². The Morgan fingerprint density at radius 2 is 2.03 bits per heavy atom. The standard InChI is InChI=1S/C21H26N6O2S/c1-14-13-30-21(22-14)19(28)15-3-2-6-27(12-15)20-17-5-4-16(11-18(17)23-25-24-20)26-7-9-29-10-8-26/h4-5,11,13,15,19,28H,2-3,6-10,12H2,1H3/t15-,19?/m1/s1. The van der Waals surface area contributed by atoms with Crippen molar-refractivity contribution < 1.29 is 9.84 Å². The second kappa shape index (κ2) is 8.41. The fourth-order valence-electron chi connectivity index (χ4n) is 4.38. The van der Waals surface area contributed by atoms with Gasteiger partial charge in [-0.3, -0.25) is 0 Å². The summed E-state index contributed by atoms with van der Waals surface area (Å²) in [7, 11) is 0. The summed E-state index contributed by atoms with van der Waals surface area (Å²) >= 11 is 1.53. The lowest BCUT2D eigenvalue weighted by Gasteiger charge is -2.35. The molecule has 0 aliphatic carbocycles. The molecule has 5 rings (SSSR count). The number of fused-ring (bicyclic) bond motifs is 1. The van der Waals surface area contributed by atoms with Crippen molar-refractivity contribution in [3.05, 3.63) is 34.3 Å². The van der Waals surface area contributed by atoms with E-state index >= 15 is 0 Å². The number of thiazole rings is 1. The number of rotatable bonds is 4. The van der Waals surface area contributed by atoms with Gasteiger partial charge in [-0.1, -0.05) is 0 Å². The van der Waals surface area contributed by atoms with Crippen LogP contribution in [-0.4, -0.2) is 64.9 Å². The van der Waals surface area contributed by atoms with Gasteiger partial charge in [0.1, 0.15) is 16.6 Å². The summed E-state index contributed by atoms with van der Waals surface area (Å²) in [5, 5.41) is 27.4. The smallest absolute Gasteiger partial charge is 0.162 e. The number of aliphatic hydroxyl groups is 1. The van der Waals surface area contributed by atoms with E-state index in [9.17, 15) is 5.11 Å². The molecule has 9 heteroatoms. The molecule has 2 aromatic heterocycles. The number of morpholine rings is 1. The molecule has 2 fully saturated rings. The van der Waals surface area contributed by atoms with Gasteiger partial charge in [0, 0.05) is 54.2 Å². The summed E-state index contributed by atoms with van der Waals surface area (Å²) in [6.07, 6.45) is 1.44. The summed E-state index contributed by atoms with van der Waals surface area (Å²) in [6, 6.07) is 6.32. The molecule has 2 aliphatic heterocycles. The average molecular weight is 427 g/mol. The Labute approximate surface area is 179 Å². The Bertz CT molecular complexity index is 1020. The van der Waals surface area contributed by atoms with E-state index in [0.717, 1.165) is 85.3 Å². The third-order valence-corrected chi connectivity index (χ3v) is 7.02. The van der Waals surface area contributed by atoms with Gasteiger partial charge in [-0.25, -0.2) is 4.98 Å². The van der Waals surface area contributed by atoms with Gasteiger partial charge in [-0.2, -0.15) is 0 Å². The SMILES string of the molecule is Cc1csc(C(O)[C@@H]2CCCN(c3nnnc4cc(N5CCOCC5)ccc34)C2)n1. The van der Waals surface area contributed by atoms with E-state index in [4.69, 9.17) is 4.74 Å². The minimum absolute atomic E-state index is 0.127. The number of piperidine rings is 1. The van der Waals surface area contributed by atoms with Crippen molar-refractivity contribution in [1.82, 2.24) is 20.4 Å². The van der Waals surface area contributed by atoms with E-state index in [0.29, 0.717) is 0 Å².